The molecular formula is C12H20O7Si. The summed E-state index contributed by atoms with van der Waals surface area (Å²) in [5, 5.41) is 0. The highest BCUT2D eigenvalue weighted by Gasteiger charge is 2.50. The van der Waals surface area contributed by atoms with Gasteiger partial charge in [-0.3, -0.25) is 0 Å². The molecule has 0 amide bonds. The average molecular weight is 304 g/mol. The molecule has 0 saturated carbocycles. The molecule has 1 atom stereocenters. The average Bonchev–Trinajstić information content (AvgIpc) is 2.48. The Hall–Kier alpha value is -1.48. The molecule has 114 valence electrons. The molecule has 0 rings (SSSR count). The minimum Gasteiger partial charge on any atom is -0.462 e. The molecule has 0 aromatic heterocycles. The van der Waals surface area contributed by atoms with E-state index in [1.165, 1.54) is 21.3 Å². The molecule has 0 aliphatic carbocycles. The number of hydrogen-bond donors (Lipinski definition) is 0. The third-order valence-electron chi connectivity index (χ3n) is 2.46. The van der Waals surface area contributed by atoms with Gasteiger partial charge in [-0.15, -0.1) is 0 Å². The van der Waals surface area contributed by atoms with E-state index in [0.717, 1.165) is 12.2 Å². The van der Waals surface area contributed by atoms with Crippen LogP contribution in [0.2, 0.25) is 0 Å². The van der Waals surface area contributed by atoms with Crippen LogP contribution in [0, 0.1) is 0 Å². The van der Waals surface area contributed by atoms with Crippen LogP contribution in [0.15, 0.2) is 25.3 Å². The van der Waals surface area contributed by atoms with Crippen molar-refractivity contribution in [2.75, 3.05) is 27.9 Å². The molecule has 0 heterocycles. The molecule has 0 aromatic carbocycles. The Bertz CT molecular complexity index is 343. The van der Waals surface area contributed by atoms with Crippen molar-refractivity contribution >= 4 is 20.7 Å². The summed E-state index contributed by atoms with van der Waals surface area (Å²) < 4.78 is 25.8. The van der Waals surface area contributed by atoms with E-state index in [9.17, 15) is 9.59 Å². The fourth-order valence-electron chi connectivity index (χ4n) is 1.47. The lowest BCUT2D eigenvalue weighted by Gasteiger charge is -2.31. The minimum atomic E-state index is -3.22. The molecule has 0 aliphatic rings. The zero-order valence-corrected chi connectivity index (χ0v) is 12.9. The molecule has 0 fully saturated rings. The standard InChI is InChI=1S/C12H20O7Si/c1-6-10(13)18-9-8-12(19-11(14)7-2)20(15-3,16-4)17-5/h6-7,12H,1-2,8-9H2,3-5H3. The maximum absolute atomic E-state index is 11.4. The van der Waals surface area contributed by atoms with Gasteiger partial charge in [-0.05, 0) is 0 Å². The predicted octanol–water partition coefficient (Wildman–Crippen LogP) is 0.621. The minimum absolute atomic E-state index is 0.00473. The molecule has 20 heavy (non-hydrogen) atoms. The number of rotatable bonds is 10. The van der Waals surface area contributed by atoms with Gasteiger partial charge in [0.05, 0.1) is 6.61 Å². The zero-order chi connectivity index (χ0) is 15.6. The van der Waals surface area contributed by atoms with E-state index in [-0.39, 0.29) is 13.0 Å². The number of esters is 2. The normalized spacial score (nSPS) is 12.3. The first-order chi connectivity index (χ1) is 9.49. The Morgan fingerprint density at radius 1 is 1.05 bits per heavy atom. The monoisotopic (exact) mass is 304 g/mol. The van der Waals surface area contributed by atoms with Crippen LogP contribution in [0.3, 0.4) is 0 Å². The molecule has 0 spiro atoms. The van der Waals surface area contributed by atoms with Crippen LogP contribution in [-0.2, 0) is 32.3 Å². The van der Waals surface area contributed by atoms with Crippen molar-refractivity contribution < 1.29 is 32.3 Å². The smallest absolute Gasteiger partial charge is 0.462 e. The van der Waals surface area contributed by atoms with Crippen LogP contribution in [0.1, 0.15) is 6.42 Å². The highest BCUT2D eigenvalue weighted by atomic mass is 28.4. The molecular weight excluding hydrogens is 284 g/mol. The van der Waals surface area contributed by atoms with Crippen LogP contribution in [0.5, 0.6) is 0 Å². The summed E-state index contributed by atoms with van der Waals surface area (Å²) in [6, 6.07) is 0. The first-order valence-electron chi connectivity index (χ1n) is 5.77. The largest absolute Gasteiger partial charge is 0.543 e. The lowest BCUT2D eigenvalue weighted by atomic mass is 10.5. The van der Waals surface area contributed by atoms with E-state index >= 15 is 0 Å². The number of hydrogen-bond acceptors (Lipinski definition) is 7. The molecule has 0 aliphatic heterocycles. The van der Waals surface area contributed by atoms with E-state index in [1.807, 2.05) is 0 Å². The Labute approximate surface area is 119 Å². The Morgan fingerprint density at radius 3 is 1.95 bits per heavy atom. The van der Waals surface area contributed by atoms with E-state index in [1.54, 1.807) is 0 Å². The Kier molecular flexibility index (Phi) is 8.73. The topological polar surface area (TPSA) is 80.3 Å². The Balaban J connectivity index is 4.86. The molecule has 0 N–H and O–H groups in total. The van der Waals surface area contributed by atoms with Crippen molar-refractivity contribution in [1.82, 2.24) is 0 Å². The summed E-state index contributed by atoms with van der Waals surface area (Å²) in [4.78, 5) is 22.3. The van der Waals surface area contributed by atoms with Crippen molar-refractivity contribution in [2.45, 2.75) is 12.1 Å². The third kappa shape index (κ3) is 5.25. The molecule has 0 saturated heterocycles. The molecule has 0 bridgehead atoms. The summed E-state index contributed by atoms with van der Waals surface area (Å²) in [5.41, 5.74) is -0.814. The summed E-state index contributed by atoms with van der Waals surface area (Å²) in [7, 11) is 0.962. The molecule has 8 heteroatoms. The van der Waals surface area contributed by atoms with Crippen molar-refractivity contribution in [3.05, 3.63) is 25.3 Å². The maximum Gasteiger partial charge on any atom is 0.543 e. The quantitative estimate of drug-likeness (QED) is 0.332. The Morgan fingerprint density at radius 2 is 1.55 bits per heavy atom. The van der Waals surface area contributed by atoms with Gasteiger partial charge in [0.25, 0.3) is 0 Å². The van der Waals surface area contributed by atoms with Gasteiger partial charge >= 0.3 is 20.7 Å². The second-order valence-corrected chi connectivity index (χ2v) is 6.58. The SMILES string of the molecule is C=CC(=O)OCCC(OC(=O)C=C)[Si](OC)(OC)OC. The van der Waals surface area contributed by atoms with Crippen molar-refractivity contribution in [3.63, 3.8) is 0 Å². The highest BCUT2D eigenvalue weighted by Crippen LogP contribution is 2.19. The molecule has 0 radical (unpaired) electrons. The number of ether oxygens (including phenoxy) is 2. The van der Waals surface area contributed by atoms with Gasteiger partial charge in [-0.2, -0.15) is 0 Å². The lowest BCUT2D eigenvalue weighted by Crippen LogP contribution is -2.56. The summed E-state index contributed by atoms with van der Waals surface area (Å²) in [6.45, 7) is 6.60. The van der Waals surface area contributed by atoms with Gasteiger partial charge in [-0.1, -0.05) is 13.2 Å². The number of carbonyl (C=O) groups excluding carboxylic acids is 2. The van der Waals surface area contributed by atoms with Crippen LogP contribution < -0.4 is 0 Å². The summed E-state index contributed by atoms with van der Waals surface area (Å²) in [6.07, 6.45) is 2.22. The summed E-state index contributed by atoms with van der Waals surface area (Å²) in [5.74, 6) is -1.22. The first kappa shape index (κ1) is 18.5. The first-order valence-corrected chi connectivity index (χ1v) is 7.57. The summed E-state index contributed by atoms with van der Waals surface area (Å²) >= 11 is 0. The van der Waals surface area contributed by atoms with Gasteiger partial charge in [-0.25, -0.2) is 9.59 Å². The van der Waals surface area contributed by atoms with Crippen LogP contribution in [0.25, 0.3) is 0 Å². The predicted molar refractivity (Wildman–Crippen MR) is 72.6 cm³/mol. The molecule has 7 nitrogen and oxygen atoms in total. The second kappa shape index (κ2) is 9.43. The van der Waals surface area contributed by atoms with Crippen molar-refractivity contribution in [2.24, 2.45) is 0 Å². The van der Waals surface area contributed by atoms with Gasteiger partial charge in [0.2, 0.25) is 0 Å². The van der Waals surface area contributed by atoms with E-state index in [2.05, 4.69) is 13.2 Å². The highest BCUT2D eigenvalue weighted by molar-refractivity contribution is 6.62. The number of carbonyl (C=O) groups is 2. The van der Waals surface area contributed by atoms with Gasteiger partial charge in [0, 0.05) is 39.9 Å². The third-order valence-corrected chi connectivity index (χ3v) is 5.37. The maximum atomic E-state index is 11.4. The van der Waals surface area contributed by atoms with E-state index < -0.39 is 26.5 Å². The fraction of sp³-hybridized carbons (Fsp3) is 0.500. The fourth-order valence-corrected chi connectivity index (χ4v) is 3.49. The van der Waals surface area contributed by atoms with E-state index in [0.29, 0.717) is 0 Å². The van der Waals surface area contributed by atoms with Gasteiger partial charge in [0.15, 0.2) is 5.73 Å². The lowest BCUT2D eigenvalue weighted by molar-refractivity contribution is -0.144. The van der Waals surface area contributed by atoms with E-state index in [4.69, 9.17) is 22.8 Å². The van der Waals surface area contributed by atoms with Gasteiger partial charge < -0.3 is 22.8 Å². The van der Waals surface area contributed by atoms with Crippen LogP contribution in [0.4, 0.5) is 0 Å². The van der Waals surface area contributed by atoms with Gasteiger partial charge in [0.1, 0.15) is 0 Å². The van der Waals surface area contributed by atoms with Crippen molar-refractivity contribution in [3.8, 4) is 0 Å². The van der Waals surface area contributed by atoms with Crippen LogP contribution >= 0.6 is 0 Å². The second-order valence-electron chi connectivity index (χ2n) is 3.51. The zero-order valence-electron chi connectivity index (χ0n) is 11.9. The van der Waals surface area contributed by atoms with Crippen LogP contribution in [-0.4, -0.2) is 54.4 Å². The molecule has 1 unspecified atom stereocenters. The van der Waals surface area contributed by atoms with Crippen molar-refractivity contribution in [1.29, 1.82) is 0 Å². The molecule has 0 aromatic rings.